The predicted octanol–water partition coefficient (Wildman–Crippen LogP) is 2.67. The molecule has 6 heteroatoms. The molecule has 0 aliphatic carbocycles. The number of fused-ring (bicyclic) bond motifs is 2. The van der Waals surface area contributed by atoms with E-state index < -0.39 is 6.10 Å². The van der Waals surface area contributed by atoms with Crippen molar-refractivity contribution >= 4 is 17.1 Å². The molecule has 1 unspecified atom stereocenters. The predicted molar refractivity (Wildman–Crippen MR) is 103 cm³/mol. The Labute approximate surface area is 157 Å². The van der Waals surface area contributed by atoms with Gasteiger partial charge in [-0.2, -0.15) is 5.26 Å². The topological polar surface area (TPSA) is 61.0 Å². The van der Waals surface area contributed by atoms with Gasteiger partial charge < -0.3 is 18.9 Å². The van der Waals surface area contributed by atoms with E-state index in [1.807, 2.05) is 59.3 Å². The maximum Gasteiger partial charge on any atom is 0.265 e. The van der Waals surface area contributed by atoms with Gasteiger partial charge in [0.05, 0.1) is 23.3 Å². The first kappa shape index (κ1) is 17.0. The van der Waals surface area contributed by atoms with Gasteiger partial charge in [0, 0.05) is 38.6 Å². The highest BCUT2D eigenvalue weighted by Crippen LogP contribution is 2.35. The highest BCUT2D eigenvalue weighted by Gasteiger charge is 2.32. The number of rotatable bonds is 3. The molecule has 3 heterocycles. The van der Waals surface area contributed by atoms with Crippen LogP contribution in [0.25, 0.3) is 5.52 Å². The molecule has 1 aliphatic heterocycles. The number of para-hydroxylation sites is 2. The van der Waals surface area contributed by atoms with Crippen LogP contribution >= 0.6 is 0 Å². The molecule has 1 aromatic carbocycles. The van der Waals surface area contributed by atoms with Gasteiger partial charge in [0.2, 0.25) is 0 Å². The number of nitrogens with zero attached hydrogens (tertiary/aromatic N) is 4. The van der Waals surface area contributed by atoms with E-state index in [1.165, 1.54) is 0 Å². The first-order valence-electron chi connectivity index (χ1n) is 8.79. The molecule has 6 nitrogen and oxygen atoms in total. The van der Waals surface area contributed by atoms with E-state index in [1.54, 1.807) is 19.0 Å². The largest absolute Gasteiger partial charge is 0.477 e. The zero-order valence-electron chi connectivity index (χ0n) is 15.3. The lowest BCUT2D eigenvalue weighted by Gasteiger charge is -2.36. The van der Waals surface area contributed by atoms with Crippen molar-refractivity contribution in [3.05, 3.63) is 66.0 Å². The Bertz CT molecular complexity index is 1050. The number of ether oxygens (including phenoxy) is 1. The maximum atomic E-state index is 12.5. The number of nitriles is 1. The quantitative estimate of drug-likeness (QED) is 0.720. The van der Waals surface area contributed by atoms with Crippen molar-refractivity contribution in [1.29, 1.82) is 5.26 Å². The van der Waals surface area contributed by atoms with E-state index in [0.29, 0.717) is 24.4 Å². The van der Waals surface area contributed by atoms with Gasteiger partial charge in [-0.3, -0.25) is 4.79 Å². The lowest BCUT2D eigenvalue weighted by atomic mass is 10.1. The van der Waals surface area contributed by atoms with Gasteiger partial charge in [-0.05, 0) is 24.3 Å². The summed E-state index contributed by atoms with van der Waals surface area (Å²) in [6.07, 6.45) is 3.34. The minimum absolute atomic E-state index is 0.0722. The Hall–Kier alpha value is -3.46. The molecule has 2 aromatic heterocycles. The molecule has 1 atom stereocenters. The zero-order valence-corrected chi connectivity index (χ0v) is 15.3. The van der Waals surface area contributed by atoms with Crippen LogP contribution < -0.4 is 9.64 Å². The molecule has 0 saturated carbocycles. The van der Waals surface area contributed by atoms with Gasteiger partial charge in [-0.1, -0.05) is 18.2 Å². The molecule has 1 amide bonds. The van der Waals surface area contributed by atoms with Crippen molar-refractivity contribution in [2.75, 3.05) is 25.5 Å². The third kappa shape index (κ3) is 2.97. The molecular formula is C21H20N4O2. The Balaban J connectivity index is 1.72. The Morgan fingerprint density at radius 1 is 1.26 bits per heavy atom. The van der Waals surface area contributed by atoms with Crippen LogP contribution in [-0.4, -0.2) is 42.0 Å². The normalized spacial score (nSPS) is 15.7. The van der Waals surface area contributed by atoms with Crippen LogP contribution in [0.15, 0.2) is 54.9 Å². The van der Waals surface area contributed by atoms with Crippen LogP contribution in [0, 0.1) is 11.3 Å². The summed E-state index contributed by atoms with van der Waals surface area (Å²) in [6, 6.07) is 15.8. The van der Waals surface area contributed by atoms with E-state index >= 15 is 0 Å². The van der Waals surface area contributed by atoms with Gasteiger partial charge in [-0.25, -0.2) is 0 Å². The van der Waals surface area contributed by atoms with Crippen LogP contribution in [0.5, 0.6) is 5.75 Å². The van der Waals surface area contributed by atoms with E-state index in [4.69, 9.17) is 4.74 Å². The SMILES string of the molecule is CN(C)C(=O)C1CN(Cc2cn3ccccc3c2C#N)c2ccccc2O1. The van der Waals surface area contributed by atoms with Crippen molar-refractivity contribution in [2.45, 2.75) is 12.6 Å². The van der Waals surface area contributed by atoms with E-state index in [-0.39, 0.29) is 5.91 Å². The fourth-order valence-electron chi connectivity index (χ4n) is 3.51. The summed E-state index contributed by atoms with van der Waals surface area (Å²) in [5.74, 6) is 0.614. The first-order valence-corrected chi connectivity index (χ1v) is 8.79. The molecular weight excluding hydrogens is 340 g/mol. The summed E-state index contributed by atoms with van der Waals surface area (Å²) in [6.45, 7) is 0.966. The minimum atomic E-state index is -0.572. The van der Waals surface area contributed by atoms with Gasteiger partial charge in [-0.15, -0.1) is 0 Å². The minimum Gasteiger partial charge on any atom is -0.477 e. The highest BCUT2D eigenvalue weighted by atomic mass is 16.5. The number of amides is 1. The number of hydrogen-bond acceptors (Lipinski definition) is 4. The molecule has 136 valence electrons. The van der Waals surface area contributed by atoms with E-state index in [0.717, 1.165) is 16.8 Å². The Kier molecular flexibility index (Phi) is 4.21. The van der Waals surface area contributed by atoms with Crippen molar-refractivity contribution in [2.24, 2.45) is 0 Å². The van der Waals surface area contributed by atoms with E-state index in [9.17, 15) is 10.1 Å². The summed E-state index contributed by atoms with van der Waals surface area (Å²) in [7, 11) is 3.45. The number of aromatic nitrogens is 1. The van der Waals surface area contributed by atoms with Crippen LogP contribution in [0.3, 0.4) is 0 Å². The number of carbonyl (C=O) groups is 1. The van der Waals surface area contributed by atoms with Crippen molar-refractivity contribution in [3.8, 4) is 11.8 Å². The number of anilines is 1. The summed E-state index contributed by atoms with van der Waals surface area (Å²) in [5, 5.41) is 9.68. The highest BCUT2D eigenvalue weighted by molar-refractivity contribution is 5.83. The molecule has 0 bridgehead atoms. The number of hydrogen-bond donors (Lipinski definition) is 0. The maximum absolute atomic E-state index is 12.5. The molecule has 1 aliphatic rings. The van der Waals surface area contributed by atoms with Crippen molar-refractivity contribution < 1.29 is 9.53 Å². The average Bonchev–Trinajstić information content (AvgIpc) is 3.04. The zero-order chi connectivity index (χ0) is 19.0. The summed E-state index contributed by atoms with van der Waals surface area (Å²) >= 11 is 0. The second-order valence-electron chi connectivity index (χ2n) is 6.82. The molecule has 0 fully saturated rings. The fourth-order valence-corrected chi connectivity index (χ4v) is 3.51. The van der Waals surface area contributed by atoms with Crippen LogP contribution in [0.2, 0.25) is 0 Å². The lowest BCUT2D eigenvalue weighted by Crippen LogP contribution is -2.48. The number of likely N-dealkylation sites (N-methyl/N-ethyl adjacent to an activating group) is 1. The van der Waals surface area contributed by atoms with Crippen LogP contribution in [-0.2, 0) is 11.3 Å². The van der Waals surface area contributed by atoms with Gasteiger partial charge in [0.1, 0.15) is 11.8 Å². The molecule has 27 heavy (non-hydrogen) atoms. The lowest BCUT2D eigenvalue weighted by molar-refractivity contribution is -0.136. The molecule has 0 saturated heterocycles. The van der Waals surface area contributed by atoms with Crippen molar-refractivity contribution in [1.82, 2.24) is 9.30 Å². The van der Waals surface area contributed by atoms with Gasteiger partial charge in [0.15, 0.2) is 6.10 Å². The molecule has 0 N–H and O–H groups in total. The molecule has 4 rings (SSSR count). The summed E-state index contributed by atoms with van der Waals surface area (Å²) < 4.78 is 7.90. The second kappa shape index (κ2) is 6.69. The summed E-state index contributed by atoms with van der Waals surface area (Å²) in [4.78, 5) is 16.1. The van der Waals surface area contributed by atoms with Crippen LogP contribution in [0.1, 0.15) is 11.1 Å². The monoisotopic (exact) mass is 360 g/mol. The van der Waals surface area contributed by atoms with Gasteiger partial charge >= 0.3 is 0 Å². The average molecular weight is 360 g/mol. The smallest absolute Gasteiger partial charge is 0.265 e. The van der Waals surface area contributed by atoms with E-state index in [2.05, 4.69) is 11.0 Å². The van der Waals surface area contributed by atoms with Crippen molar-refractivity contribution in [3.63, 3.8) is 0 Å². The fraction of sp³-hybridized carbons (Fsp3) is 0.238. The molecule has 0 spiro atoms. The standard InChI is InChI=1S/C21H20N4O2/c1-23(2)21(26)20-14-25(18-8-3-4-9-19(18)27-20)13-15-12-24-10-6-5-7-17(24)16(15)11-22/h3-10,12,20H,13-14H2,1-2H3. The van der Waals surface area contributed by atoms with Gasteiger partial charge in [0.25, 0.3) is 5.91 Å². The summed E-state index contributed by atoms with van der Waals surface area (Å²) in [5.41, 5.74) is 3.41. The number of pyridine rings is 1. The Morgan fingerprint density at radius 3 is 2.81 bits per heavy atom. The Morgan fingerprint density at radius 2 is 2.04 bits per heavy atom. The van der Waals surface area contributed by atoms with Crippen LogP contribution in [0.4, 0.5) is 5.69 Å². The molecule has 0 radical (unpaired) electrons. The number of benzene rings is 1. The second-order valence-corrected chi connectivity index (χ2v) is 6.82. The molecule has 3 aromatic rings. The third-order valence-electron chi connectivity index (χ3n) is 4.81. The number of carbonyl (C=O) groups excluding carboxylic acids is 1. The first-order chi connectivity index (χ1) is 13.1. The third-order valence-corrected chi connectivity index (χ3v) is 4.81.